The fraction of sp³-hybridized carbons (Fsp3) is 0.200. The van der Waals surface area contributed by atoms with Gasteiger partial charge in [0.2, 0.25) is 0 Å². The number of rotatable bonds is 3. The molecular formula is C5H8N2S. The number of nitrogens with one attached hydrogen (secondary N) is 1. The summed E-state index contributed by atoms with van der Waals surface area (Å²) in [6.45, 7) is 3.27. The molecule has 0 radical (unpaired) electrons. The van der Waals surface area contributed by atoms with Crippen LogP contribution in [0.4, 0.5) is 0 Å². The predicted octanol–water partition coefficient (Wildman–Crippen LogP) is 1.54. The molecule has 3 heteroatoms. The fourth-order valence-corrected chi connectivity index (χ4v) is 0.622. The highest BCUT2D eigenvalue weighted by atomic mass is 32.2. The fourth-order valence-electron chi connectivity index (χ4n) is 0.238. The molecule has 0 rings (SSSR count). The molecule has 0 aliphatic heterocycles. The van der Waals surface area contributed by atoms with Gasteiger partial charge >= 0.3 is 0 Å². The maximum atomic E-state index is 6.72. The van der Waals surface area contributed by atoms with Gasteiger partial charge in [-0.25, -0.2) is 0 Å². The Morgan fingerprint density at radius 3 is 2.62 bits per heavy atom. The summed E-state index contributed by atoms with van der Waals surface area (Å²) in [5.74, 6) is 0. The Hall–Kier alpha value is -0.570. The monoisotopic (exact) mass is 128 g/mol. The van der Waals surface area contributed by atoms with Crippen molar-refractivity contribution in [2.75, 3.05) is 6.26 Å². The van der Waals surface area contributed by atoms with Crippen LogP contribution in [-0.4, -0.2) is 19.2 Å². The lowest BCUT2D eigenvalue weighted by atomic mass is 10.6. The van der Waals surface area contributed by atoms with E-state index in [1.54, 1.807) is 5.41 Å². The molecule has 0 amide bonds. The predicted molar refractivity (Wildman–Crippen MR) is 39.9 cm³/mol. The minimum Gasteiger partial charge on any atom is -0.306 e. The second-order valence-corrected chi connectivity index (χ2v) is 1.79. The number of nitrogens with zero attached hydrogens (tertiary/aromatic N) is 1. The quantitative estimate of drug-likeness (QED) is 0.575. The van der Waals surface area contributed by atoms with Crippen molar-refractivity contribution in [1.29, 1.82) is 5.41 Å². The largest absolute Gasteiger partial charge is 0.306 e. The van der Waals surface area contributed by atoms with E-state index in [1.165, 1.54) is 18.0 Å². The van der Waals surface area contributed by atoms with Gasteiger partial charge in [0.15, 0.2) is 0 Å². The molecule has 44 valence electrons. The van der Waals surface area contributed by atoms with Crippen molar-refractivity contribution in [1.82, 2.24) is 0 Å². The first-order valence-corrected chi connectivity index (χ1v) is 3.34. The Kier molecular flexibility index (Phi) is 4.26. The van der Waals surface area contributed by atoms with Crippen LogP contribution >= 0.6 is 11.8 Å². The Morgan fingerprint density at radius 2 is 2.50 bits per heavy atom. The summed E-state index contributed by atoms with van der Waals surface area (Å²) in [5, 5.41) is 8.49. The van der Waals surface area contributed by atoms with Gasteiger partial charge in [-0.05, 0) is 18.4 Å². The zero-order chi connectivity index (χ0) is 6.41. The van der Waals surface area contributed by atoms with E-state index < -0.39 is 0 Å². The van der Waals surface area contributed by atoms with Crippen LogP contribution in [0.3, 0.4) is 0 Å². The molecule has 0 atom stereocenters. The van der Waals surface area contributed by atoms with E-state index in [2.05, 4.69) is 11.7 Å². The standard InChI is InChI=1S/C5H8N2S/c1-7-5(3-6)4-8-2/h3-4,6H,1H2,2H3/b5-4-,6-3?. The number of allylic oxidation sites excluding steroid dienone is 1. The average Bonchev–Trinajstić information content (AvgIpc) is 1.83. The molecule has 0 saturated carbocycles. The minimum atomic E-state index is 0.609. The Morgan fingerprint density at radius 1 is 1.88 bits per heavy atom. The van der Waals surface area contributed by atoms with Gasteiger partial charge in [-0.2, -0.15) is 0 Å². The molecule has 0 aromatic rings. The van der Waals surface area contributed by atoms with Gasteiger partial charge in [0.25, 0.3) is 0 Å². The topological polar surface area (TPSA) is 36.2 Å². The van der Waals surface area contributed by atoms with Crippen LogP contribution in [0.1, 0.15) is 0 Å². The number of hydrogen-bond acceptors (Lipinski definition) is 3. The SMILES string of the molecule is C=N/C(C=N)=C\SC. The Balaban J connectivity index is 3.85. The highest BCUT2D eigenvalue weighted by Crippen LogP contribution is 1.99. The zero-order valence-electron chi connectivity index (χ0n) is 4.72. The van der Waals surface area contributed by atoms with E-state index in [9.17, 15) is 0 Å². The molecule has 0 aromatic carbocycles. The van der Waals surface area contributed by atoms with Crippen molar-refractivity contribution in [3.63, 3.8) is 0 Å². The molecule has 0 aromatic heterocycles. The first-order valence-electron chi connectivity index (χ1n) is 2.05. The maximum Gasteiger partial charge on any atom is 0.0860 e. The highest BCUT2D eigenvalue weighted by molar-refractivity contribution is 8.01. The van der Waals surface area contributed by atoms with Crippen molar-refractivity contribution in [3.8, 4) is 0 Å². The summed E-state index contributed by atoms with van der Waals surface area (Å²) in [7, 11) is 0. The van der Waals surface area contributed by atoms with Gasteiger partial charge in [-0.15, -0.1) is 11.8 Å². The van der Waals surface area contributed by atoms with Crippen molar-refractivity contribution in [2.24, 2.45) is 4.99 Å². The molecule has 0 aliphatic carbocycles. The minimum absolute atomic E-state index is 0.609. The number of aliphatic imine (C=N–C) groups is 1. The van der Waals surface area contributed by atoms with Crippen LogP contribution in [0.15, 0.2) is 16.1 Å². The molecule has 0 aliphatic rings. The third-order valence-corrected chi connectivity index (χ3v) is 1.05. The van der Waals surface area contributed by atoms with E-state index in [-0.39, 0.29) is 0 Å². The van der Waals surface area contributed by atoms with Crippen molar-refractivity contribution in [3.05, 3.63) is 11.1 Å². The first kappa shape index (κ1) is 7.43. The molecule has 0 spiro atoms. The van der Waals surface area contributed by atoms with Crippen molar-refractivity contribution < 1.29 is 0 Å². The molecule has 0 saturated heterocycles. The van der Waals surface area contributed by atoms with E-state index >= 15 is 0 Å². The van der Waals surface area contributed by atoms with Crippen LogP contribution in [0.2, 0.25) is 0 Å². The summed E-state index contributed by atoms with van der Waals surface area (Å²) in [4.78, 5) is 3.54. The van der Waals surface area contributed by atoms with Gasteiger partial charge in [0.05, 0.1) is 5.70 Å². The highest BCUT2D eigenvalue weighted by Gasteiger charge is 1.79. The third kappa shape index (κ3) is 2.58. The van der Waals surface area contributed by atoms with Gasteiger partial charge < -0.3 is 5.41 Å². The summed E-state index contributed by atoms with van der Waals surface area (Å²) in [6, 6.07) is 0. The van der Waals surface area contributed by atoms with Crippen LogP contribution in [0.25, 0.3) is 0 Å². The summed E-state index contributed by atoms with van der Waals surface area (Å²) < 4.78 is 0. The van der Waals surface area contributed by atoms with E-state index in [1.807, 2.05) is 6.26 Å². The molecular weight excluding hydrogens is 120 g/mol. The molecule has 0 fully saturated rings. The van der Waals surface area contributed by atoms with Gasteiger partial charge in [0.1, 0.15) is 0 Å². The summed E-state index contributed by atoms with van der Waals surface area (Å²) in [6.07, 6.45) is 3.08. The third-order valence-electron chi connectivity index (χ3n) is 0.569. The normalized spacial score (nSPS) is 10.9. The van der Waals surface area contributed by atoms with Crippen LogP contribution in [-0.2, 0) is 0 Å². The first-order chi connectivity index (χ1) is 3.85. The van der Waals surface area contributed by atoms with Crippen LogP contribution in [0, 0.1) is 5.41 Å². The number of thioether (sulfide) groups is 1. The number of hydrogen-bond donors (Lipinski definition) is 1. The lowest BCUT2D eigenvalue weighted by Crippen LogP contribution is -1.72. The lowest BCUT2D eigenvalue weighted by molar-refractivity contribution is 1.47. The molecule has 0 heterocycles. The van der Waals surface area contributed by atoms with Crippen molar-refractivity contribution in [2.45, 2.75) is 0 Å². The maximum absolute atomic E-state index is 6.72. The molecule has 0 unspecified atom stereocenters. The van der Waals surface area contributed by atoms with Crippen molar-refractivity contribution >= 4 is 24.7 Å². The van der Waals surface area contributed by atoms with Gasteiger partial charge in [-0.1, -0.05) is 0 Å². The van der Waals surface area contributed by atoms with Gasteiger partial charge in [-0.3, -0.25) is 4.99 Å². The average molecular weight is 128 g/mol. The van der Waals surface area contributed by atoms with E-state index in [0.29, 0.717) is 5.70 Å². The summed E-state index contributed by atoms with van der Waals surface area (Å²) in [5.41, 5.74) is 0.609. The lowest BCUT2D eigenvalue weighted by Gasteiger charge is -1.84. The molecule has 1 N–H and O–H groups in total. The van der Waals surface area contributed by atoms with Gasteiger partial charge in [0, 0.05) is 6.21 Å². The van der Waals surface area contributed by atoms with Crippen LogP contribution < -0.4 is 0 Å². The zero-order valence-corrected chi connectivity index (χ0v) is 5.53. The molecule has 8 heavy (non-hydrogen) atoms. The second-order valence-electron chi connectivity index (χ2n) is 1.08. The van der Waals surface area contributed by atoms with Crippen LogP contribution in [0.5, 0.6) is 0 Å². The molecule has 2 nitrogen and oxygen atoms in total. The smallest absolute Gasteiger partial charge is 0.0860 e. The molecule has 0 bridgehead atoms. The van der Waals surface area contributed by atoms with E-state index in [0.717, 1.165) is 0 Å². The summed E-state index contributed by atoms with van der Waals surface area (Å²) >= 11 is 1.51. The second kappa shape index (κ2) is 4.59. The van der Waals surface area contributed by atoms with E-state index in [4.69, 9.17) is 5.41 Å². The Labute approximate surface area is 53.2 Å². The Bertz CT molecular complexity index is 108.